The zero-order valence-electron chi connectivity index (χ0n) is 17.0. The molecule has 0 radical (unpaired) electrons. The van der Waals surface area contributed by atoms with E-state index in [1.165, 1.54) is 18.9 Å². The lowest BCUT2D eigenvalue weighted by Crippen LogP contribution is -2.54. The van der Waals surface area contributed by atoms with Crippen molar-refractivity contribution in [3.05, 3.63) is 11.6 Å². The van der Waals surface area contributed by atoms with Crippen LogP contribution in [0.15, 0.2) is 11.6 Å². The highest BCUT2D eigenvalue weighted by Gasteiger charge is 2.79. The first kappa shape index (κ1) is 17.9. The Labute approximate surface area is 162 Å². The Bertz CT molecular complexity index is 741. The highest BCUT2D eigenvalue weighted by molar-refractivity contribution is 5.90. The molecule has 8 atom stereocenters. The Hall–Kier alpha value is -1.16. The average Bonchev–Trinajstić information content (AvgIpc) is 3.27. The number of hydrogen-bond donors (Lipinski definition) is 0. The molecule has 0 aromatic carbocycles. The van der Waals surface area contributed by atoms with Crippen LogP contribution in [0.5, 0.6) is 0 Å². The predicted molar refractivity (Wildman–Crippen MR) is 101 cm³/mol. The lowest BCUT2D eigenvalue weighted by Gasteiger charge is -2.58. The molecule has 0 aromatic heterocycles. The van der Waals surface area contributed by atoms with Gasteiger partial charge in [0.2, 0.25) is 0 Å². The maximum absolute atomic E-state index is 12.5. The van der Waals surface area contributed by atoms with Crippen molar-refractivity contribution in [2.24, 2.45) is 28.6 Å². The summed E-state index contributed by atoms with van der Waals surface area (Å²) in [6, 6.07) is 0. The van der Waals surface area contributed by atoms with Crippen LogP contribution in [0.2, 0.25) is 0 Å². The second kappa shape index (κ2) is 5.46. The molecule has 3 saturated carbocycles. The standard InChI is InChI=1S/C23H32O4/c1-13(24)23-20(27-23)12-19-17-6-5-15-11-16(26-14(2)25)7-9-21(15,3)18(17)8-10-22(19,23)4/h5,16-20H,6-12H2,1-4H3/t16-,17+,18-,19-,20+,21-,22-,23+/m0/s1. The lowest BCUT2D eigenvalue weighted by atomic mass is 9.47. The predicted octanol–water partition coefficient (Wildman–Crippen LogP) is 4.22. The highest BCUT2D eigenvalue weighted by atomic mass is 16.6. The van der Waals surface area contributed by atoms with E-state index in [4.69, 9.17) is 9.47 Å². The summed E-state index contributed by atoms with van der Waals surface area (Å²) < 4.78 is 11.6. The summed E-state index contributed by atoms with van der Waals surface area (Å²) in [4.78, 5) is 23.8. The third kappa shape index (κ3) is 2.14. The SMILES string of the molecule is CC(=O)O[C@H]1CC[C@@]2(C)C(=CC[C@@H]3[C@@H]2CC[C@@]2(C)[C@H]3C[C@H]3O[C@]32C(C)=O)C1. The van der Waals surface area contributed by atoms with E-state index >= 15 is 0 Å². The normalized spacial score (nSPS) is 52.6. The van der Waals surface area contributed by atoms with Crippen LogP contribution in [0.1, 0.15) is 72.6 Å². The molecular weight excluding hydrogens is 340 g/mol. The maximum atomic E-state index is 12.5. The van der Waals surface area contributed by atoms with Gasteiger partial charge in [0.05, 0.1) is 6.10 Å². The molecule has 4 aliphatic carbocycles. The first-order chi connectivity index (χ1) is 12.7. The topological polar surface area (TPSA) is 55.9 Å². The fourth-order valence-corrected chi connectivity index (χ4v) is 8.03. The van der Waals surface area contributed by atoms with Crippen LogP contribution in [0.3, 0.4) is 0 Å². The van der Waals surface area contributed by atoms with Gasteiger partial charge in [-0.25, -0.2) is 0 Å². The van der Waals surface area contributed by atoms with Gasteiger partial charge in [0.25, 0.3) is 0 Å². The molecule has 4 heteroatoms. The second-order valence-electron chi connectivity index (χ2n) is 10.3. The van der Waals surface area contributed by atoms with Gasteiger partial charge in [0, 0.05) is 18.8 Å². The summed E-state index contributed by atoms with van der Waals surface area (Å²) in [6.45, 7) is 8.03. The van der Waals surface area contributed by atoms with Crippen molar-refractivity contribution >= 4 is 11.8 Å². The first-order valence-corrected chi connectivity index (χ1v) is 10.8. The fourth-order valence-electron chi connectivity index (χ4n) is 8.03. The van der Waals surface area contributed by atoms with Crippen LogP contribution in [0.25, 0.3) is 0 Å². The van der Waals surface area contributed by atoms with Crippen molar-refractivity contribution < 1.29 is 19.1 Å². The molecule has 0 aromatic rings. The molecule has 5 aliphatic rings. The molecule has 1 heterocycles. The summed E-state index contributed by atoms with van der Waals surface area (Å²) in [5.41, 5.74) is 1.30. The average molecular weight is 373 g/mol. The van der Waals surface area contributed by atoms with Gasteiger partial charge in [-0.05, 0) is 68.6 Å². The van der Waals surface area contributed by atoms with Crippen molar-refractivity contribution in [2.75, 3.05) is 0 Å². The number of carbonyl (C=O) groups excluding carboxylic acids is 2. The van der Waals surface area contributed by atoms with Crippen molar-refractivity contribution in [1.29, 1.82) is 0 Å². The minimum Gasteiger partial charge on any atom is -0.462 e. The van der Waals surface area contributed by atoms with Gasteiger partial charge >= 0.3 is 5.97 Å². The number of rotatable bonds is 2. The molecule has 148 valence electrons. The van der Waals surface area contributed by atoms with Crippen LogP contribution in [0.4, 0.5) is 0 Å². The molecule has 4 nitrogen and oxygen atoms in total. The highest BCUT2D eigenvalue weighted by Crippen LogP contribution is 2.73. The lowest BCUT2D eigenvalue weighted by molar-refractivity contribution is -0.149. The van der Waals surface area contributed by atoms with Gasteiger partial charge in [-0.3, -0.25) is 9.59 Å². The molecule has 1 aliphatic heterocycles. The van der Waals surface area contributed by atoms with E-state index in [9.17, 15) is 9.59 Å². The van der Waals surface area contributed by atoms with Gasteiger partial charge in [-0.2, -0.15) is 0 Å². The summed E-state index contributed by atoms with van der Waals surface area (Å²) in [5.74, 6) is 2.03. The molecule has 0 spiro atoms. The third-order valence-corrected chi connectivity index (χ3v) is 9.34. The van der Waals surface area contributed by atoms with Crippen LogP contribution >= 0.6 is 0 Å². The van der Waals surface area contributed by atoms with E-state index in [1.807, 2.05) is 0 Å². The summed E-state index contributed by atoms with van der Waals surface area (Å²) in [7, 11) is 0. The summed E-state index contributed by atoms with van der Waals surface area (Å²) in [6.07, 6.45) is 10.1. The zero-order chi connectivity index (χ0) is 19.2. The smallest absolute Gasteiger partial charge is 0.302 e. The quantitative estimate of drug-likeness (QED) is 0.414. The Kier molecular flexibility index (Phi) is 3.62. The van der Waals surface area contributed by atoms with E-state index in [0.29, 0.717) is 17.8 Å². The minimum absolute atomic E-state index is 0.0152. The molecule has 0 N–H and O–H groups in total. The Balaban J connectivity index is 1.43. The van der Waals surface area contributed by atoms with Crippen LogP contribution in [-0.2, 0) is 19.1 Å². The van der Waals surface area contributed by atoms with E-state index < -0.39 is 5.60 Å². The Morgan fingerprint density at radius 2 is 1.93 bits per heavy atom. The molecular formula is C23H32O4. The molecule has 27 heavy (non-hydrogen) atoms. The van der Waals surface area contributed by atoms with E-state index in [1.54, 1.807) is 6.92 Å². The van der Waals surface area contributed by atoms with Crippen LogP contribution in [0, 0.1) is 28.6 Å². The molecule has 4 fully saturated rings. The molecule has 1 saturated heterocycles. The van der Waals surface area contributed by atoms with E-state index in [0.717, 1.165) is 38.5 Å². The van der Waals surface area contributed by atoms with Gasteiger partial charge in [-0.15, -0.1) is 0 Å². The second-order valence-corrected chi connectivity index (χ2v) is 10.3. The minimum atomic E-state index is -0.472. The monoisotopic (exact) mass is 372 g/mol. The first-order valence-electron chi connectivity index (χ1n) is 10.8. The zero-order valence-corrected chi connectivity index (χ0v) is 17.0. The van der Waals surface area contributed by atoms with Crippen molar-refractivity contribution in [1.82, 2.24) is 0 Å². The third-order valence-electron chi connectivity index (χ3n) is 9.34. The van der Waals surface area contributed by atoms with Crippen molar-refractivity contribution in [2.45, 2.75) is 90.4 Å². The van der Waals surface area contributed by atoms with Crippen molar-refractivity contribution in [3.8, 4) is 0 Å². The Morgan fingerprint density at radius 1 is 1.15 bits per heavy atom. The number of esters is 1. The summed E-state index contributed by atoms with van der Waals surface area (Å²) in [5, 5.41) is 0. The van der Waals surface area contributed by atoms with Crippen molar-refractivity contribution in [3.63, 3.8) is 0 Å². The largest absolute Gasteiger partial charge is 0.462 e. The van der Waals surface area contributed by atoms with E-state index in [-0.39, 0.29) is 34.8 Å². The number of fused-ring (bicyclic) bond motifs is 7. The van der Waals surface area contributed by atoms with Gasteiger partial charge < -0.3 is 9.47 Å². The van der Waals surface area contributed by atoms with Gasteiger partial charge in [0.15, 0.2) is 11.4 Å². The van der Waals surface area contributed by atoms with Gasteiger partial charge in [0.1, 0.15) is 6.10 Å². The molecule has 0 unspecified atom stereocenters. The number of hydrogen-bond acceptors (Lipinski definition) is 4. The Morgan fingerprint density at radius 3 is 2.63 bits per heavy atom. The molecule has 5 rings (SSSR count). The number of epoxide rings is 1. The fraction of sp³-hybridized carbons (Fsp3) is 0.826. The molecule has 0 bridgehead atoms. The number of ketones is 1. The summed E-state index contributed by atoms with van der Waals surface area (Å²) >= 11 is 0. The molecule has 0 amide bonds. The number of ether oxygens (including phenoxy) is 2. The number of carbonyl (C=O) groups is 2. The number of allylic oxidation sites excluding steroid dienone is 1. The van der Waals surface area contributed by atoms with Gasteiger partial charge in [-0.1, -0.05) is 25.5 Å². The van der Waals surface area contributed by atoms with E-state index in [2.05, 4.69) is 19.9 Å². The maximum Gasteiger partial charge on any atom is 0.302 e. The number of Topliss-reactive ketones (excluding diaryl/α,β-unsaturated/α-hetero) is 1. The van der Waals surface area contributed by atoms with Crippen LogP contribution in [-0.4, -0.2) is 29.6 Å². The van der Waals surface area contributed by atoms with Crippen LogP contribution < -0.4 is 0 Å².